The number of carbonyl (C=O) groups is 1. The molecule has 2 heterocycles. The standard InChI is InChI=1S/C21H18F3N3O2/c1-12(2)17-16-18(13-6-4-3-5-7-13)25-20(28)19(16)27(26-17)14-8-10-15(11-9-14)29-21(22,23)24/h3-12,18H,1-2H3,(H,25,28). The Morgan fingerprint density at radius 1 is 1.07 bits per heavy atom. The molecule has 1 N–H and O–H groups in total. The molecule has 1 aliphatic heterocycles. The van der Waals surface area contributed by atoms with Crippen LogP contribution in [-0.4, -0.2) is 22.1 Å². The minimum atomic E-state index is -4.76. The number of alkyl halides is 3. The third-order valence-electron chi connectivity index (χ3n) is 4.72. The summed E-state index contributed by atoms with van der Waals surface area (Å²) in [6.07, 6.45) is -4.76. The molecule has 5 nitrogen and oxygen atoms in total. The monoisotopic (exact) mass is 401 g/mol. The summed E-state index contributed by atoms with van der Waals surface area (Å²) in [7, 11) is 0. The third kappa shape index (κ3) is 3.57. The van der Waals surface area contributed by atoms with Gasteiger partial charge in [0.2, 0.25) is 0 Å². The molecule has 0 saturated carbocycles. The molecule has 0 bridgehead atoms. The van der Waals surface area contributed by atoms with E-state index in [9.17, 15) is 18.0 Å². The molecule has 0 fully saturated rings. The van der Waals surface area contributed by atoms with Crippen LogP contribution in [0.5, 0.6) is 5.75 Å². The molecule has 1 amide bonds. The van der Waals surface area contributed by atoms with E-state index in [1.165, 1.54) is 28.9 Å². The number of benzene rings is 2. The van der Waals surface area contributed by atoms with E-state index in [-0.39, 0.29) is 23.6 Å². The van der Waals surface area contributed by atoms with Crippen LogP contribution in [0.15, 0.2) is 54.6 Å². The van der Waals surface area contributed by atoms with E-state index >= 15 is 0 Å². The van der Waals surface area contributed by atoms with Crippen molar-refractivity contribution in [1.82, 2.24) is 15.1 Å². The maximum absolute atomic E-state index is 12.8. The molecule has 3 aromatic rings. The molecule has 2 aromatic carbocycles. The minimum Gasteiger partial charge on any atom is -0.406 e. The van der Waals surface area contributed by atoms with E-state index in [0.29, 0.717) is 11.4 Å². The number of halogens is 3. The van der Waals surface area contributed by atoms with Crippen molar-refractivity contribution in [3.63, 3.8) is 0 Å². The lowest BCUT2D eigenvalue weighted by Gasteiger charge is -2.14. The number of nitrogens with zero attached hydrogens (tertiary/aromatic N) is 2. The van der Waals surface area contributed by atoms with Crippen LogP contribution in [-0.2, 0) is 0 Å². The highest BCUT2D eigenvalue weighted by Crippen LogP contribution is 2.37. The van der Waals surface area contributed by atoms with Crippen LogP contribution in [0.3, 0.4) is 0 Å². The third-order valence-corrected chi connectivity index (χ3v) is 4.72. The van der Waals surface area contributed by atoms with E-state index in [2.05, 4.69) is 15.2 Å². The first-order chi connectivity index (χ1) is 13.7. The van der Waals surface area contributed by atoms with Crippen LogP contribution < -0.4 is 10.1 Å². The Bertz CT molecular complexity index is 1040. The van der Waals surface area contributed by atoms with Crippen molar-refractivity contribution in [2.45, 2.75) is 32.2 Å². The second kappa shape index (κ2) is 6.95. The van der Waals surface area contributed by atoms with Crippen molar-refractivity contribution >= 4 is 5.91 Å². The average Bonchev–Trinajstić information content (AvgIpc) is 3.21. The van der Waals surface area contributed by atoms with Crippen molar-refractivity contribution in [2.75, 3.05) is 0 Å². The first kappa shape index (κ1) is 19.0. The summed E-state index contributed by atoms with van der Waals surface area (Å²) < 4.78 is 42.6. The first-order valence-corrected chi connectivity index (χ1v) is 9.09. The van der Waals surface area contributed by atoms with Gasteiger partial charge in [-0.1, -0.05) is 44.2 Å². The Hall–Kier alpha value is -3.29. The zero-order valence-electron chi connectivity index (χ0n) is 15.7. The smallest absolute Gasteiger partial charge is 0.406 e. The summed E-state index contributed by atoms with van der Waals surface area (Å²) >= 11 is 0. The van der Waals surface area contributed by atoms with E-state index in [1.807, 2.05) is 44.2 Å². The van der Waals surface area contributed by atoms with Crippen molar-refractivity contribution in [3.8, 4) is 11.4 Å². The molecule has 0 aliphatic carbocycles. The average molecular weight is 401 g/mol. The van der Waals surface area contributed by atoms with Crippen molar-refractivity contribution < 1.29 is 22.7 Å². The molecule has 1 unspecified atom stereocenters. The van der Waals surface area contributed by atoms with Crippen LogP contribution >= 0.6 is 0 Å². The van der Waals surface area contributed by atoms with Crippen molar-refractivity contribution in [3.05, 3.63) is 77.1 Å². The highest BCUT2D eigenvalue weighted by atomic mass is 19.4. The van der Waals surface area contributed by atoms with Crippen LogP contribution in [0.25, 0.3) is 5.69 Å². The Labute approximate surface area is 165 Å². The Morgan fingerprint density at radius 2 is 1.72 bits per heavy atom. The van der Waals surface area contributed by atoms with Gasteiger partial charge in [-0.2, -0.15) is 5.10 Å². The van der Waals surface area contributed by atoms with Gasteiger partial charge in [-0.3, -0.25) is 4.79 Å². The summed E-state index contributed by atoms with van der Waals surface area (Å²) in [5.74, 6) is -0.554. The van der Waals surface area contributed by atoms with Gasteiger partial charge in [-0.15, -0.1) is 13.2 Å². The molecule has 29 heavy (non-hydrogen) atoms. The van der Waals surface area contributed by atoms with Gasteiger partial charge >= 0.3 is 6.36 Å². The van der Waals surface area contributed by atoms with Gasteiger partial charge in [0.15, 0.2) is 0 Å². The van der Waals surface area contributed by atoms with E-state index in [0.717, 1.165) is 16.8 Å². The largest absolute Gasteiger partial charge is 0.573 e. The second-order valence-electron chi connectivity index (χ2n) is 7.07. The number of carbonyl (C=O) groups excluding carboxylic acids is 1. The number of amides is 1. The summed E-state index contributed by atoms with van der Waals surface area (Å²) in [4.78, 5) is 12.8. The molecular formula is C21H18F3N3O2. The van der Waals surface area contributed by atoms with Gasteiger partial charge in [0.25, 0.3) is 5.91 Å². The molecule has 1 atom stereocenters. The molecule has 4 rings (SSSR count). The maximum Gasteiger partial charge on any atom is 0.573 e. The number of fused-ring (bicyclic) bond motifs is 1. The number of hydrogen-bond donors (Lipinski definition) is 1. The lowest BCUT2D eigenvalue weighted by Crippen LogP contribution is -2.23. The fraction of sp³-hybridized carbons (Fsp3) is 0.238. The van der Waals surface area contributed by atoms with Crippen LogP contribution in [0, 0.1) is 0 Å². The molecule has 0 saturated heterocycles. The zero-order chi connectivity index (χ0) is 20.8. The second-order valence-corrected chi connectivity index (χ2v) is 7.07. The fourth-order valence-corrected chi connectivity index (χ4v) is 3.52. The van der Waals surface area contributed by atoms with Gasteiger partial charge in [0, 0.05) is 5.56 Å². The zero-order valence-corrected chi connectivity index (χ0v) is 15.7. The SMILES string of the molecule is CC(C)c1nn(-c2ccc(OC(F)(F)F)cc2)c2c1C(c1ccccc1)NC2=O. The van der Waals surface area contributed by atoms with E-state index < -0.39 is 6.36 Å². The fourth-order valence-electron chi connectivity index (χ4n) is 3.52. The lowest BCUT2D eigenvalue weighted by molar-refractivity contribution is -0.274. The summed E-state index contributed by atoms with van der Waals surface area (Å²) in [6, 6.07) is 14.5. The van der Waals surface area contributed by atoms with E-state index in [1.54, 1.807) is 0 Å². The Kier molecular flexibility index (Phi) is 4.56. The van der Waals surface area contributed by atoms with Crippen LogP contribution in [0.4, 0.5) is 13.2 Å². The number of nitrogens with one attached hydrogen (secondary N) is 1. The van der Waals surface area contributed by atoms with Crippen molar-refractivity contribution in [2.24, 2.45) is 0 Å². The van der Waals surface area contributed by atoms with Gasteiger partial charge in [-0.05, 0) is 35.7 Å². The first-order valence-electron chi connectivity index (χ1n) is 9.09. The van der Waals surface area contributed by atoms with E-state index in [4.69, 9.17) is 0 Å². The quantitative estimate of drug-likeness (QED) is 0.688. The normalized spacial score (nSPS) is 16.1. The lowest BCUT2D eigenvalue weighted by atomic mass is 9.95. The highest BCUT2D eigenvalue weighted by molar-refractivity contribution is 5.99. The predicted molar refractivity (Wildman–Crippen MR) is 100 cm³/mol. The Balaban J connectivity index is 1.79. The van der Waals surface area contributed by atoms with Gasteiger partial charge in [-0.25, -0.2) is 4.68 Å². The number of rotatable bonds is 4. The summed E-state index contributed by atoms with van der Waals surface area (Å²) in [5.41, 5.74) is 3.38. The summed E-state index contributed by atoms with van der Waals surface area (Å²) in [6.45, 7) is 3.97. The van der Waals surface area contributed by atoms with Crippen molar-refractivity contribution in [1.29, 1.82) is 0 Å². The topological polar surface area (TPSA) is 56.1 Å². The minimum absolute atomic E-state index is 0.0525. The van der Waals surface area contributed by atoms with Gasteiger partial charge in [0.05, 0.1) is 17.4 Å². The number of ether oxygens (including phenoxy) is 1. The molecule has 0 radical (unpaired) electrons. The van der Waals surface area contributed by atoms with Gasteiger partial charge < -0.3 is 10.1 Å². The Morgan fingerprint density at radius 3 is 2.31 bits per heavy atom. The highest BCUT2D eigenvalue weighted by Gasteiger charge is 2.38. The molecule has 0 spiro atoms. The van der Waals surface area contributed by atoms with Crippen LogP contribution in [0.2, 0.25) is 0 Å². The predicted octanol–water partition coefficient (Wildman–Crippen LogP) is 4.73. The molecular weight excluding hydrogens is 383 g/mol. The number of aromatic nitrogens is 2. The van der Waals surface area contributed by atoms with Gasteiger partial charge in [0.1, 0.15) is 11.4 Å². The molecule has 1 aromatic heterocycles. The molecule has 1 aliphatic rings. The maximum atomic E-state index is 12.8. The molecule has 8 heteroatoms. The molecule has 150 valence electrons. The van der Waals surface area contributed by atoms with Crippen LogP contribution in [0.1, 0.15) is 53.1 Å². The number of hydrogen-bond acceptors (Lipinski definition) is 3. The summed E-state index contributed by atoms with van der Waals surface area (Å²) in [5, 5.41) is 7.62.